The molecule has 0 saturated heterocycles. The third kappa shape index (κ3) is 3.15. The fraction of sp³-hybridized carbons (Fsp3) is 0.150. The smallest absolute Gasteiger partial charge is 0.319 e. The van der Waals surface area contributed by atoms with E-state index in [1.54, 1.807) is 18.2 Å². The van der Waals surface area contributed by atoms with Crippen molar-refractivity contribution < 1.29 is 9.21 Å². The molecular weight excluding hydrogens is 344 g/mol. The predicted molar refractivity (Wildman–Crippen MR) is 104 cm³/mol. The van der Waals surface area contributed by atoms with Gasteiger partial charge in [-0.1, -0.05) is 18.2 Å². The van der Waals surface area contributed by atoms with Crippen LogP contribution in [0, 0.1) is 6.92 Å². The number of aryl methyl sites for hydroxylation is 1. The number of carbonyl (C=O) groups is 1. The van der Waals surface area contributed by atoms with Crippen molar-refractivity contribution in [3.63, 3.8) is 0 Å². The first-order valence-electron chi connectivity index (χ1n) is 8.56. The Balaban J connectivity index is 1.52. The molecule has 1 unspecified atom stereocenters. The average molecular weight is 362 g/mol. The molecule has 0 bridgehead atoms. The summed E-state index contributed by atoms with van der Waals surface area (Å²) >= 11 is 0. The highest BCUT2D eigenvalue weighted by Crippen LogP contribution is 2.29. The zero-order valence-corrected chi connectivity index (χ0v) is 14.9. The van der Waals surface area contributed by atoms with Crippen LogP contribution in [0.2, 0.25) is 0 Å². The molecule has 2 aromatic heterocycles. The van der Waals surface area contributed by atoms with Gasteiger partial charge >= 0.3 is 6.03 Å². The average Bonchev–Trinajstić information content (AvgIpc) is 2.99. The van der Waals surface area contributed by atoms with E-state index >= 15 is 0 Å². The lowest BCUT2D eigenvalue weighted by Crippen LogP contribution is -2.31. The number of aromatic amines is 1. The Hall–Kier alpha value is -3.61. The molecule has 0 fully saturated rings. The molecule has 2 aromatic carbocycles. The number of fused-ring (bicyclic) bond motifs is 2. The SMILES string of the molecule is Cc1c(C(C)NC(=O)Nc2ccc3nc[nH]c(=O)c3c2)oc2ccccc12. The highest BCUT2D eigenvalue weighted by Gasteiger charge is 2.18. The van der Waals surface area contributed by atoms with Crippen LogP contribution in [0.4, 0.5) is 10.5 Å². The van der Waals surface area contributed by atoms with Crippen molar-refractivity contribution in [2.75, 3.05) is 5.32 Å². The predicted octanol–water partition coefficient (Wildman–Crippen LogP) is 3.86. The van der Waals surface area contributed by atoms with E-state index in [-0.39, 0.29) is 17.6 Å². The number of hydrogen-bond donors (Lipinski definition) is 3. The largest absolute Gasteiger partial charge is 0.459 e. The number of benzene rings is 2. The van der Waals surface area contributed by atoms with Gasteiger partial charge in [0, 0.05) is 16.6 Å². The Morgan fingerprint density at radius 2 is 2.00 bits per heavy atom. The minimum absolute atomic E-state index is 0.254. The first kappa shape index (κ1) is 16.8. The maximum Gasteiger partial charge on any atom is 0.319 e. The van der Waals surface area contributed by atoms with E-state index in [0.717, 1.165) is 16.5 Å². The molecule has 0 aliphatic carbocycles. The lowest BCUT2D eigenvalue weighted by atomic mass is 10.1. The van der Waals surface area contributed by atoms with Crippen LogP contribution in [0.25, 0.3) is 21.9 Å². The van der Waals surface area contributed by atoms with E-state index in [4.69, 9.17) is 4.42 Å². The fourth-order valence-electron chi connectivity index (χ4n) is 3.18. The highest BCUT2D eigenvalue weighted by molar-refractivity contribution is 5.92. The summed E-state index contributed by atoms with van der Waals surface area (Å²) in [6.45, 7) is 3.83. The lowest BCUT2D eigenvalue weighted by Gasteiger charge is -2.13. The van der Waals surface area contributed by atoms with Gasteiger partial charge in [0.1, 0.15) is 11.3 Å². The van der Waals surface area contributed by atoms with Crippen molar-refractivity contribution >= 4 is 33.6 Å². The zero-order chi connectivity index (χ0) is 19.0. The van der Waals surface area contributed by atoms with Gasteiger partial charge < -0.3 is 20.0 Å². The van der Waals surface area contributed by atoms with Crippen LogP contribution in [0.5, 0.6) is 0 Å². The van der Waals surface area contributed by atoms with Crippen molar-refractivity contribution in [1.29, 1.82) is 0 Å². The minimum atomic E-state index is -0.387. The quantitative estimate of drug-likeness (QED) is 0.515. The van der Waals surface area contributed by atoms with Crippen LogP contribution in [0.1, 0.15) is 24.3 Å². The number of furan rings is 1. The number of nitrogens with zero attached hydrogens (tertiary/aromatic N) is 1. The van der Waals surface area contributed by atoms with Crippen LogP contribution in [0.3, 0.4) is 0 Å². The van der Waals surface area contributed by atoms with Gasteiger partial charge in [-0.15, -0.1) is 0 Å². The summed E-state index contributed by atoms with van der Waals surface area (Å²) in [6, 6.07) is 12.0. The number of carbonyl (C=O) groups excluding carboxylic acids is 1. The molecule has 4 aromatic rings. The second-order valence-corrected chi connectivity index (χ2v) is 6.37. The molecule has 0 saturated carbocycles. The number of urea groups is 1. The Labute approximate surface area is 154 Å². The fourth-order valence-corrected chi connectivity index (χ4v) is 3.18. The molecule has 27 heavy (non-hydrogen) atoms. The zero-order valence-electron chi connectivity index (χ0n) is 14.9. The molecular formula is C20H18N4O3. The molecule has 4 rings (SSSR count). The molecule has 0 aliphatic heterocycles. The van der Waals surface area contributed by atoms with Crippen LogP contribution in [-0.2, 0) is 0 Å². The minimum Gasteiger partial charge on any atom is -0.459 e. The summed E-state index contributed by atoms with van der Waals surface area (Å²) in [5.41, 5.74) is 2.61. The summed E-state index contributed by atoms with van der Waals surface area (Å²) in [6.07, 6.45) is 1.35. The molecule has 0 aliphatic rings. The summed E-state index contributed by atoms with van der Waals surface area (Å²) < 4.78 is 5.89. The summed E-state index contributed by atoms with van der Waals surface area (Å²) in [4.78, 5) is 30.8. The van der Waals surface area contributed by atoms with Gasteiger partial charge in [-0.05, 0) is 38.1 Å². The third-order valence-electron chi connectivity index (χ3n) is 4.52. The second-order valence-electron chi connectivity index (χ2n) is 6.37. The maximum atomic E-state index is 12.4. The molecule has 1 atom stereocenters. The number of aromatic nitrogens is 2. The Kier molecular flexibility index (Phi) is 4.12. The van der Waals surface area contributed by atoms with Crippen molar-refractivity contribution in [2.24, 2.45) is 0 Å². The number of anilines is 1. The number of hydrogen-bond acceptors (Lipinski definition) is 4. The van der Waals surface area contributed by atoms with Gasteiger partial charge in [-0.2, -0.15) is 0 Å². The van der Waals surface area contributed by atoms with E-state index < -0.39 is 0 Å². The normalized spacial score (nSPS) is 12.2. The first-order valence-corrected chi connectivity index (χ1v) is 8.56. The molecule has 2 amide bonds. The molecule has 2 heterocycles. The number of amides is 2. The molecule has 3 N–H and O–H groups in total. The third-order valence-corrected chi connectivity index (χ3v) is 4.52. The number of rotatable bonds is 3. The Bertz CT molecular complexity index is 1210. The van der Waals surface area contributed by atoms with Crippen molar-refractivity contribution in [2.45, 2.75) is 19.9 Å². The van der Waals surface area contributed by atoms with E-state index in [1.165, 1.54) is 6.33 Å². The van der Waals surface area contributed by atoms with Gasteiger partial charge in [0.15, 0.2) is 0 Å². The maximum absolute atomic E-state index is 12.4. The number of nitrogens with one attached hydrogen (secondary N) is 3. The summed E-state index contributed by atoms with van der Waals surface area (Å²) in [5.74, 6) is 0.713. The van der Waals surface area contributed by atoms with Crippen LogP contribution >= 0.6 is 0 Å². The van der Waals surface area contributed by atoms with Crippen molar-refractivity contribution in [3.8, 4) is 0 Å². The van der Waals surface area contributed by atoms with E-state index in [2.05, 4.69) is 20.6 Å². The van der Waals surface area contributed by atoms with Gasteiger partial charge in [0.25, 0.3) is 5.56 Å². The van der Waals surface area contributed by atoms with Gasteiger partial charge in [-0.3, -0.25) is 4.79 Å². The van der Waals surface area contributed by atoms with Crippen LogP contribution < -0.4 is 16.2 Å². The second kappa shape index (κ2) is 6.60. The topological polar surface area (TPSA) is 100 Å². The molecule has 7 nitrogen and oxygen atoms in total. The summed E-state index contributed by atoms with van der Waals surface area (Å²) in [7, 11) is 0. The molecule has 0 radical (unpaired) electrons. The number of para-hydroxylation sites is 1. The molecule has 0 spiro atoms. The monoisotopic (exact) mass is 362 g/mol. The number of H-pyrrole nitrogens is 1. The van der Waals surface area contributed by atoms with E-state index in [0.29, 0.717) is 22.4 Å². The molecule has 7 heteroatoms. The van der Waals surface area contributed by atoms with Crippen molar-refractivity contribution in [1.82, 2.24) is 15.3 Å². The van der Waals surface area contributed by atoms with E-state index in [9.17, 15) is 9.59 Å². The van der Waals surface area contributed by atoms with E-state index in [1.807, 2.05) is 38.1 Å². The Morgan fingerprint density at radius 1 is 1.19 bits per heavy atom. The molecule has 136 valence electrons. The van der Waals surface area contributed by atoms with Crippen LogP contribution in [0.15, 0.2) is 58.0 Å². The van der Waals surface area contributed by atoms with Gasteiger partial charge in [-0.25, -0.2) is 9.78 Å². The first-order chi connectivity index (χ1) is 13.0. The standard InChI is InChI=1S/C20H18N4O3/c1-11-14-5-3-4-6-17(14)27-18(11)12(2)23-20(26)24-13-7-8-16-15(9-13)19(25)22-10-21-16/h3-10,12H,1-2H3,(H,21,22,25)(H2,23,24,26). The summed E-state index contributed by atoms with van der Waals surface area (Å²) in [5, 5.41) is 7.05. The lowest BCUT2D eigenvalue weighted by molar-refractivity contribution is 0.248. The highest BCUT2D eigenvalue weighted by atomic mass is 16.3. The van der Waals surface area contributed by atoms with Crippen LogP contribution in [-0.4, -0.2) is 16.0 Å². The van der Waals surface area contributed by atoms with Crippen molar-refractivity contribution in [3.05, 3.63) is 70.5 Å². The van der Waals surface area contributed by atoms with Gasteiger partial charge in [0.05, 0.1) is 23.3 Å². The Morgan fingerprint density at radius 3 is 2.81 bits per heavy atom. The van der Waals surface area contributed by atoms with Gasteiger partial charge in [0.2, 0.25) is 0 Å².